The fourth-order valence-electron chi connectivity index (χ4n) is 2.66. The maximum Gasteiger partial charge on any atom is 0.322 e. The highest BCUT2D eigenvalue weighted by Gasteiger charge is 2.32. The predicted molar refractivity (Wildman–Crippen MR) is 83.9 cm³/mol. The van der Waals surface area contributed by atoms with E-state index in [0.29, 0.717) is 24.6 Å². The van der Waals surface area contributed by atoms with Crippen LogP contribution in [0.3, 0.4) is 0 Å². The van der Waals surface area contributed by atoms with Crippen LogP contribution in [0.1, 0.15) is 5.56 Å². The lowest BCUT2D eigenvalue weighted by molar-refractivity contribution is -0.147. The molecule has 1 fully saturated rings. The molecule has 0 aliphatic carbocycles. The van der Waals surface area contributed by atoms with Gasteiger partial charge in [-0.25, -0.2) is 0 Å². The summed E-state index contributed by atoms with van der Waals surface area (Å²) in [4.78, 5) is 27.1. The lowest BCUT2D eigenvalue weighted by atomic mass is 10.1. The van der Waals surface area contributed by atoms with Crippen molar-refractivity contribution >= 4 is 11.9 Å². The van der Waals surface area contributed by atoms with Gasteiger partial charge in [-0.05, 0) is 25.2 Å². The highest BCUT2D eigenvalue weighted by molar-refractivity contribution is 5.81. The fraction of sp³-hybridized carbons (Fsp3) is 0.500. The first kappa shape index (κ1) is 17.1. The molecule has 0 bridgehead atoms. The molecule has 126 valence electrons. The van der Waals surface area contributed by atoms with Crippen LogP contribution in [0.2, 0.25) is 0 Å². The van der Waals surface area contributed by atoms with Gasteiger partial charge in [0.15, 0.2) is 0 Å². The number of carboxylic acid groups (broad SMARTS) is 1. The van der Waals surface area contributed by atoms with Gasteiger partial charge in [0.25, 0.3) is 0 Å². The first-order chi connectivity index (χ1) is 11.0. The Kier molecular flexibility index (Phi) is 5.44. The Morgan fingerprint density at radius 1 is 1.26 bits per heavy atom. The molecule has 23 heavy (non-hydrogen) atoms. The van der Waals surface area contributed by atoms with E-state index in [1.165, 1.54) is 0 Å². The number of carbonyl (C=O) groups excluding carboxylic acids is 1. The third-order valence-corrected chi connectivity index (χ3v) is 4.12. The van der Waals surface area contributed by atoms with Gasteiger partial charge in [-0.15, -0.1) is 0 Å². The van der Waals surface area contributed by atoms with Gasteiger partial charge in [0, 0.05) is 25.2 Å². The van der Waals surface area contributed by atoms with Gasteiger partial charge < -0.3 is 19.5 Å². The zero-order valence-corrected chi connectivity index (χ0v) is 13.6. The molecule has 1 aliphatic heterocycles. The monoisotopic (exact) mass is 322 g/mol. The Balaban J connectivity index is 2.11. The smallest absolute Gasteiger partial charge is 0.322 e. The number of piperazine rings is 1. The molecule has 0 saturated carbocycles. The second kappa shape index (κ2) is 7.32. The molecule has 0 aromatic heterocycles. The zero-order valence-electron chi connectivity index (χ0n) is 13.6. The summed E-state index contributed by atoms with van der Waals surface area (Å²) < 4.78 is 10.5. The normalized spacial score (nSPS) is 18.6. The summed E-state index contributed by atoms with van der Waals surface area (Å²) >= 11 is 0. The zero-order chi connectivity index (χ0) is 17.0. The molecule has 1 N–H and O–H groups in total. The maximum atomic E-state index is 12.5. The fourth-order valence-corrected chi connectivity index (χ4v) is 2.66. The predicted octanol–water partition coefficient (Wildman–Crippen LogP) is 0.474. The number of amides is 1. The SMILES string of the molecule is COc1ccc(OC)c(CC(=O)N2CCN(C)C(C(=O)O)C2)c1. The second-order valence-corrected chi connectivity index (χ2v) is 5.53. The molecule has 1 amide bonds. The van der Waals surface area contributed by atoms with Crippen molar-refractivity contribution in [2.45, 2.75) is 12.5 Å². The van der Waals surface area contributed by atoms with E-state index in [2.05, 4.69) is 0 Å². The highest BCUT2D eigenvalue weighted by atomic mass is 16.5. The molecular formula is C16H22N2O5. The van der Waals surface area contributed by atoms with Crippen LogP contribution < -0.4 is 9.47 Å². The third-order valence-electron chi connectivity index (χ3n) is 4.12. The minimum atomic E-state index is -0.913. The molecule has 1 aromatic rings. The van der Waals surface area contributed by atoms with Crippen molar-refractivity contribution in [3.05, 3.63) is 23.8 Å². The van der Waals surface area contributed by atoms with Crippen molar-refractivity contribution in [1.82, 2.24) is 9.80 Å². The molecule has 1 saturated heterocycles. The first-order valence-corrected chi connectivity index (χ1v) is 7.38. The molecule has 1 aliphatic rings. The largest absolute Gasteiger partial charge is 0.497 e. The van der Waals surface area contributed by atoms with Crippen LogP contribution in [-0.2, 0) is 16.0 Å². The van der Waals surface area contributed by atoms with Crippen molar-refractivity contribution in [3.63, 3.8) is 0 Å². The van der Waals surface area contributed by atoms with E-state index in [1.54, 1.807) is 49.3 Å². The molecule has 0 radical (unpaired) electrons. The van der Waals surface area contributed by atoms with Gasteiger partial charge in [-0.1, -0.05) is 0 Å². The summed E-state index contributed by atoms with van der Waals surface area (Å²) in [6.45, 7) is 1.25. The quantitative estimate of drug-likeness (QED) is 0.849. The van der Waals surface area contributed by atoms with Crippen LogP contribution in [0.4, 0.5) is 0 Å². The topological polar surface area (TPSA) is 79.3 Å². The molecule has 0 spiro atoms. The number of aliphatic carboxylic acids is 1. The molecule has 7 nitrogen and oxygen atoms in total. The first-order valence-electron chi connectivity index (χ1n) is 7.38. The molecule has 1 heterocycles. The number of carbonyl (C=O) groups is 2. The van der Waals surface area contributed by atoms with E-state index in [-0.39, 0.29) is 18.9 Å². The minimum absolute atomic E-state index is 0.115. The summed E-state index contributed by atoms with van der Waals surface area (Å²) in [6, 6.07) is 4.62. The summed E-state index contributed by atoms with van der Waals surface area (Å²) in [5.74, 6) is 0.235. The standard InChI is InChI=1S/C16H22N2O5/c1-17-6-7-18(10-13(17)16(20)21)15(19)9-11-8-12(22-2)4-5-14(11)23-3/h4-5,8,13H,6-7,9-10H2,1-3H3,(H,20,21). The second-order valence-electron chi connectivity index (χ2n) is 5.53. The van der Waals surface area contributed by atoms with Crippen molar-refractivity contribution in [2.75, 3.05) is 40.9 Å². The van der Waals surface area contributed by atoms with Gasteiger partial charge in [0.1, 0.15) is 17.5 Å². The maximum absolute atomic E-state index is 12.5. The third kappa shape index (κ3) is 3.92. The molecule has 1 atom stereocenters. The summed E-state index contributed by atoms with van der Waals surface area (Å²) in [5.41, 5.74) is 0.725. The Hall–Kier alpha value is -2.28. The van der Waals surface area contributed by atoms with E-state index >= 15 is 0 Å². The van der Waals surface area contributed by atoms with Gasteiger partial charge in [0.05, 0.1) is 20.6 Å². The molecular weight excluding hydrogens is 300 g/mol. The van der Waals surface area contributed by atoms with E-state index in [0.717, 1.165) is 5.56 Å². The number of hydrogen-bond donors (Lipinski definition) is 1. The molecule has 1 aromatic carbocycles. The lowest BCUT2D eigenvalue weighted by Crippen LogP contribution is -2.56. The van der Waals surface area contributed by atoms with E-state index in [1.807, 2.05) is 0 Å². The van der Waals surface area contributed by atoms with Crippen LogP contribution in [0.5, 0.6) is 11.5 Å². The summed E-state index contributed by atoms with van der Waals surface area (Å²) in [7, 11) is 4.86. The van der Waals surface area contributed by atoms with Crippen molar-refractivity contribution in [3.8, 4) is 11.5 Å². The number of nitrogens with zero attached hydrogens (tertiary/aromatic N) is 2. The lowest BCUT2D eigenvalue weighted by Gasteiger charge is -2.37. The number of likely N-dealkylation sites (N-methyl/N-ethyl adjacent to an activating group) is 1. The number of methoxy groups -OCH3 is 2. The van der Waals surface area contributed by atoms with Crippen molar-refractivity contribution < 1.29 is 24.2 Å². The minimum Gasteiger partial charge on any atom is -0.497 e. The van der Waals surface area contributed by atoms with E-state index < -0.39 is 12.0 Å². The van der Waals surface area contributed by atoms with Gasteiger partial charge in [0.2, 0.25) is 5.91 Å². The summed E-state index contributed by atoms with van der Waals surface area (Å²) in [5, 5.41) is 9.23. The van der Waals surface area contributed by atoms with Crippen molar-refractivity contribution in [2.24, 2.45) is 0 Å². The van der Waals surface area contributed by atoms with Crippen LogP contribution in [0.25, 0.3) is 0 Å². The Labute approximate surface area is 135 Å². The number of carboxylic acids is 1. The Morgan fingerprint density at radius 3 is 2.61 bits per heavy atom. The number of hydrogen-bond acceptors (Lipinski definition) is 5. The van der Waals surface area contributed by atoms with E-state index in [4.69, 9.17) is 9.47 Å². The molecule has 2 rings (SSSR count). The number of rotatable bonds is 5. The van der Waals surface area contributed by atoms with Crippen LogP contribution in [0, 0.1) is 0 Å². The number of benzene rings is 1. The van der Waals surface area contributed by atoms with Crippen LogP contribution in [-0.4, -0.2) is 73.7 Å². The highest BCUT2D eigenvalue weighted by Crippen LogP contribution is 2.25. The van der Waals surface area contributed by atoms with Gasteiger partial charge in [-0.2, -0.15) is 0 Å². The van der Waals surface area contributed by atoms with Crippen molar-refractivity contribution in [1.29, 1.82) is 0 Å². The average molecular weight is 322 g/mol. The number of ether oxygens (including phenoxy) is 2. The molecule has 1 unspecified atom stereocenters. The Bertz CT molecular complexity index is 590. The van der Waals surface area contributed by atoms with Gasteiger partial charge >= 0.3 is 5.97 Å². The van der Waals surface area contributed by atoms with E-state index in [9.17, 15) is 14.7 Å². The molecule has 7 heteroatoms. The summed E-state index contributed by atoms with van der Waals surface area (Å²) in [6.07, 6.45) is 0.149. The Morgan fingerprint density at radius 2 is 2.00 bits per heavy atom. The average Bonchev–Trinajstić information content (AvgIpc) is 2.54. The van der Waals surface area contributed by atoms with Crippen LogP contribution in [0.15, 0.2) is 18.2 Å². The van der Waals surface area contributed by atoms with Crippen LogP contribution >= 0.6 is 0 Å². The van der Waals surface area contributed by atoms with Gasteiger partial charge in [-0.3, -0.25) is 14.5 Å².